The molecule has 0 bridgehead atoms. The molecule has 2 aliphatic rings. The van der Waals surface area contributed by atoms with Gasteiger partial charge in [-0.25, -0.2) is 13.8 Å². The highest BCUT2D eigenvalue weighted by Crippen LogP contribution is 2.32. The number of carbonyl (C=O) groups excluding carboxylic acids is 1. The fraction of sp³-hybridized carbons (Fsp3) is 0.462. The van der Waals surface area contributed by atoms with Crippen molar-refractivity contribution in [2.75, 3.05) is 6.54 Å². The maximum Gasteiger partial charge on any atom is 0.263 e. The minimum absolute atomic E-state index is 0.0331. The van der Waals surface area contributed by atoms with E-state index in [2.05, 4.69) is 15.6 Å². The monoisotopic (exact) mass is 437 g/mol. The third-order valence-corrected chi connectivity index (χ3v) is 7.13. The molecule has 0 N–H and O–H groups in total. The van der Waals surface area contributed by atoms with Gasteiger partial charge in [0, 0.05) is 42.4 Å². The van der Waals surface area contributed by atoms with Crippen LogP contribution in [0.5, 0.6) is 0 Å². The van der Waals surface area contributed by atoms with Gasteiger partial charge in [-0.05, 0) is 48.4 Å². The molecule has 0 saturated heterocycles. The fourth-order valence-corrected chi connectivity index (χ4v) is 5.36. The Bertz CT molecular complexity index is 1100. The first-order valence-electron chi connectivity index (χ1n) is 11.7. The summed E-state index contributed by atoms with van der Waals surface area (Å²) in [6, 6.07) is 10.5. The van der Waals surface area contributed by atoms with Crippen molar-refractivity contribution in [3.63, 3.8) is 0 Å². The van der Waals surface area contributed by atoms with Gasteiger partial charge in [-0.3, -0.25) is 4.79 Å². The lowest BCUT2D eigenvalue weighted by molar-refractivity contribution is -0.133. The predicted octanol–water partition coefficient (Wildman–Crippen LogP) is 5.88. The van der Waals surface area contributed by atoms with Crippen molar-refractivity contribution >= 4 is 16.9 Å². The minimum Gasteiger partial charge on any atom is -0.337 e. The number of amides is 1. The van der Waals surface area contributed by atoms with Crippen LogP contribution in [0.1, 0.15) is 67.3 Å². The van der Waals surface area contributed by atoms with Gasteiger partial charge in [0.25, 0.3) is 6.43 Å². The molecule has 4 nitrogen and oxygen atoms in total. The Morgan fingerprint density at radius 1 is 1.09 bits per heavy atom. The van der Waals surface area contributed by atoms with E-state index in [1.54, 1.807) is 18.3 Å². The number of pyridine rings is 1. The number of fused-ring (bicyclic) bond motifs is 3. The summed E-state index contributed by atoms with van der Waals surface area (Å²) in [6.07, 6.45) is 6.93. The Hall–Kier alpha value is -2.76. The van der Waals surface area contributed by atoms with E-state index in [0.717, 1.165) is 35.3 Å². The lowest BCUT2D eigenvalue weighted by Crippen LogP contribution is -2.37. The normalized spacial score (nSPS) is 17.2. The molecule has 1 amide bonds. The van der Waals surface area contributed by atoms with Crippen LogP contribution in [-0.2, 0) is 24.3 Å². The lowest BCUT2D eigenvalue weighted by Gasteiger charge is -2.31. The first-order valence-corrected chi connectivity index (χ1v) is 11.7. The van der Waals surface area contributed by atoms with Crippen LogP contribution in [0.2, 0.25) is 0 Å². The number of rotatable bonds is 5. The molecule has 1 aliphatic heterocycles. The van der Waals surface area contributed by atoms with Crippen LogP contribution in [0, 0.1) is 5.92 Å². The van der Waals surface area contributed by atoms with E-state index in [9.17, 15) is 13.6 Å². The summed E-state index contributed by atoms with van der Waals surface area (Å²) in [5, 5.41) is 1.13. The second-order valence-corrected chi connectivity index (χ2v) is 9.20. The summed E-state index contributed by atoms with van der Waals surface area (Å²) in [5.41, 5.74) is 4.27. The Morgan fingerprint density at radius 3 is 2.62 bits per heavy atom. The van der Waals surface area contributed by atoms with Crippen molar-refractivity contribution in [3.05, 3.63) is 65.0 Å². The topological polar surface area (TPSA) is 38.1 Å². The first-order chi connectivity index (χ1) is 15.6. The Labute approximate surface area is 187 Å². The van der Waals surface area contributed by atoms with Crippen molar-refractivity contribution < 1.29 is 13.6 Å². The van der Waals surface area contributed by atoms with Crippen LogP contribution >= 0.6 is 0 Å². The van der Waals surface area contributed by atoms with Gasteiger partial charge in [-0.2, -0.15) is 0 Å². The van der Waals surface area contributed by atoms with E-state index in [1.807, 2.05) is 11.0 Å². The van der Waals surface area contributed by atoms with Crippen LogP contribution in [0.3, 0.4) is 0 Å². The number of carbonyl (C=O) groups is 1. The van der Waals surface area contributed by atoms with Crippen molar-refractivity contribution in [1.82, 2.24) is 14.5 Å². The van der Waals surface area contributed by atoms with Crippen LogP contribution in [0.15, 0.2) is 42.6 Å². The molecule has 1 fully saturated rings. The number of benzene rings is 1. The van der Waals surface area contributed by atoms with Gasteiger partial charge in [0.1, 0.15) is 5.65 Å². The maximum absolute atomic E-state index is 13.1. The maximum atomic E-state index is 13.1. The zero-order chi connectivity index (χ0) is 22.1. The van der Waals surface area contributed by atoms with Crippen molar-refractivity contribution in [2.45, 2.75) is 64.5 Å². The summed E-state index contributed by atoms with van der Waals surface area (Å²) in [6.45, 7) is 1.89. The first kappa shape index (κ1) is 21.1. The van der Waals surface area contributed by atoms with Crippen molar-refractivity contribution in [1.29, 1.82) is 0 Å². The molecule has 32 heavy (non-hydrogen) atoms. The number of halogens is 2. The van der Waals surface area contributed by atoms with Crippen LogP contribution in [0.25, 0.3) is 11.0 Å². The SMILES string of the molecule is O=C(CC1CCCCC1)N1CCc2c(n(Cc3ccc(C(F)F)cc3)c3ncccc23)C1. The van der Waals surface area contributed by atoms with Gasteiger partial charge in [0.05, 0.1) is 6.54 Å². The largest absolute Gasteiger partial charge is 0.337 e. The van der Waals surface area contributed by atoms with Gasteiger partial charge >= 0.3 is 0 Å². The number of hydrogen-bond donors (Lipinski definition) is 0. The highest BCUT2D eigenvalue weighted by molar-refractivity contribution is 5.84. The zero-order valence-electron chi connectivity index (χ0n) is 18.3. The quantitative estimate of drug-likeness (QED) is 0.500. The molecule has 0 spiro atoms. The van der Waals surface area contributed by atoms with E-state index in [1.165, 1.54) is 49.8 Å². The van der Waals surface area contributed by atoms with Crippen LogP contribution < -0.4 is 0 Å². The highest BCUT2D eigenvalue weighted by atomic mass is 19.3. The lowest BCUT2D eigenvalue weighted by atomic mass is 9.86. The zero-order valence-corrected chi connectivity index (χ0v) is 18.3. The summed E-state index contributed by atoms with van der Waals surface area (Å²) in [4.78, 5) is 19.7. The number of nitrogens with zero attached hydrogens (tertiary/aromatic N) is 3. The molecule has 3 heterocycles. The Balaban J connectivity index is 1.42. The smallest absolute Gasteiger partial charge is 0.263 e. The average molecular weight is 438 g/mol. The fourth-order valence-electron chi connectivity index (χ4n) is 5.36. The molecule has 6 heteroatoms. The molecule has 2 aromatic heterocycles. The van der Waals surface area contributed by atoms with E-state index in [-0.39, 0.29) is 11.5 Å². The molecule has 168 valence electrons. The van der Waals surface area contributed by atoms with Crippen molar-refractivity contribution in [3.8, 4) is 0 Å². The Morgan fingerprint density at radius 2 is 1.88 bits per heavy atom. The summed E-state index contributed by atoms with van der Waals surface area (Å²) in [7, 11) is 0. The predicted molar refractivity (Wildman–Crippen MR) is 121 cm³/mol. The second kappa shape index (κ2) is 9.00. The molecule has 5 rings (SSSR count). The molecule has 1 aliphatic carbocycles. The van der Waals surface area contributed by atoms with Crippen LogP contribution in [-0.4, -0.2) is 26.9 Å². The summed E-state index contributed by atoms with van der Waals surface area (Å²) < 4.78 is 28.1. The van der Waals surface area contributed by atoms with Gasteiger partial charge in [0.15, 0.2) is 0 Å². The molecule has 0 unspecified atom stereocenters. The van der Waals surface area contributed by atoms with E-state index in [0.29, 0.717) is 25.4 Å². The number of alkyl halides is 2. The van der Waals surface area contributed by atoms with Gasteiger partial charge in [-0.15, -0.1) is 0 Å². The van der Waals surface area contributed by atoms with E-state index >= 15 is 0 Å². The molecule has 1 saturated carbocycles. The minimum atomic E-state index is -2.46. The molecule has 0 radical (unpaired) electrons. The molecule has 3 aromatic rings. The van der Waals surface area contributed by atoms with Crippen molar-refractivity contribution in [2.24, 2.45) is 5.92 Å². The van der Waals surface area contributed by atoms with E-state index < -0.39 is 6.43 Å². The molecule has 1 aromatic carbocycles. The molecular weight excluding hydrogens is 408 g/mol. The second-order valence-electron chi connectivity index (χ2n) is 9.20. The number of hydrogen-bond acceptors (Lipinski definition) is 2. The highest BCUT2D eigenvalue weighted by Gasteiger charge is 2.28. The Kier molecular flexibility index (Phi) is 5.94. The molecule has 0 atom stereocenters. The van der Waals surface area contributed by atoms with Gasteiger partial charge < -0.3 is 9.47 Å². The standard InChI is InChI=1S/C26H29F2N3O/c27-25(28)20-10-8-19(9-11-20)16-31-23-17-30(24(32)15-18-5-2-1-3-6-18)14-12-21(23)22-7-4-13-29-26(22)31/h4,7-11,13,18,25H,1-3,5-6,12,14-17H2. The summed E-state index contributed by atoms with van der Waals surface area (Å²) >= 11 is 0. The van der Waals surface area contributed by atoms with Gasteiger partial charge in [-0.1, -0.05) is 43.5 Å². The van der Waals surface area contributed by atoms with E-state index in [4.69, 9.17) is 0 Å². The molecular formula is C26H29F2N3O. The number of aromatic nitrogens is 2. The third kappa shape index (κ3) is 4.15. The average Bonchev–Trinajstić information content (AvgIpc) is 3.13. The summed E-state index contributed by atoms with van der Waals surface area (Å²) in [5.74, 6) is 0.784. The van der Waals surface area contributed by atoms with Gasteiger partial charge in [0.2, 0.25) is 5.91 Å². The van der Waals surface area contributed by atoms with Crippen LogP contribution in [0.4, 0.5) is 8.78 Å². The third-order valence-electron chi connectivity index (χ3n) is 7.13.